The van der Waals surface area contributed by atoms with Gasteiger partial charge < -0.3 is 16.4 Å². The van der Waals surface area contributed by atoms with E-state index in [2.05, 4.69) is 0 Å². The molecule has 0 aliphatic carbocycles. The largest absolute Gasteiger partial charge is 3.00 e. The summed E-state index contributed by atoms with van der Waals surface area (Å²) in [6, 6.07) is 0. The van der Waals surface area contributed by atoms with E-state index >= 15 is 0 Å². The molecule has 3 nitrogen and oxygen atoms in total. The summed E-state index contributed by atoms with van der Waals surface area (Å²) in [5, 5.41) is 0. The van der Waals surface area contributed by atoms with Crippen LogP contribution in [0.15, 0.2) is 0 Å². The fourth-order valence-corrected chi connectivity index (χ4v) is 0. The first-order valence-electron chi connectivity index (χ1n) is 0. The molecule has 0 unspecified atom stereocenters. The van der Waals surface area contributed by atoms with Crippen molar-refractivity contribution in [2.45, 2.75) is 0 Å². The molecule has 25 valence electrons. The molecule has 0 aliphatic rings. The first-order valence-corrected chi connectivity index (χ1v) is 0. The van der Waals surface area contributed by atoms with Gasteiger partial charge in [0.1, 0.15) is 0 Å². The van der Waals surface area contributed by atoms with E-state index in [0.717, 1.165) is 0 Å². The van der Waals surface area contributed by atoms with Crippen LogP contribution in [0.4, 0.5) is 0 Å². The van der Waals surface area contributed by atoms with Gasteiger partial charge in [-0.25, -0.2) is 0 Å². The molecule has 0 bridgehead atoms. The standard InChI is InChI=1S/Al.Ce.3O.Y/q2*+3;3*-2;+3. The quantitative estimate of drug-likeness (QED) is 0.528. The Morgan fingerprint density at radius 1 is 0.667 bits per heavy atom. The molecule has 1 radical (unpaired) electrons. The Labute approximate surface area is 106 Å². The Morgan fingerprint density at radius 2 is 0.667 bits per heavy atom. The monoisotopic (exact) mass is 304 g/mol. The van der Waals surface area contributed by atoms with Crippen molar-refractivity contribution in [3.63, 3.8) is 0 Å². The first kappa shape index (κ1) is 66.2. The van der Waals surface area contributed by atoms with Gasteiger partial charge in [-0.1, -0.05) is 0 Å². The van der Waals surface area contributed by atoms with Gasteiger partial charge in [0.05, 0.1) is 0 Å². The maximum atomic E-state index is 0. The minimum atomic E-state index is 0. The number of rotatable bonds is 0. The maximum absolute atomic E-state index is 0. The van der Waals surface area contributed by atoms with Crippen LogP contribution in [0.5, 0.6) is 0 Å². The number of hydrogen-bond donors (Lipinski definition) is 0. The van der Waals surface area contributed by atoms with E-state index in [1.165, 1.54) is 0 Å². The van der Waals surface area contributed by atoms with E-state index in [-0.39, 0.29) is 108 Å². The molecule has 0 aromatic rings. The second-order valence-corrected chi connectivity index (χ2v) is 0. The van der Waals surface area contributed by atoms with E-state index in [9.17, 15) is 0 Å². The molecule has 0 N–H and O–H groups in total. The van der Waals surface area contributed by atoms with Crippen LogP contribution in [-0.2, 0) is 49.1 Å². The van der Waals surface area contributed by atoms with Crippen molar-refractivity contribution < 1.29 is 90.9 Å². The molecule has 0 aromatic heterocycles. The summed E-state index contributed by atoms with van der Waals surface area (Å²) in [5.74, 6) is 0. The minimum Gasteiger partial charge on any atom is -2.00 e. The Bertz CT molecular complexity index is 10.8. The topological polar surface area (TPSA) is 85.5 Å². The van der Waals surface area contributed by atoms with Crippen molar-refractivity contribution in [1.29, 1.82) is 0 Å². The van der Waals surface area contributed by atoms with E-state index in [0.29, 0.717) is 0 Å². The van der Waals surface area contributed by atoms with Crippen LogP contribution in [0.25, 0.3) is 0 Å². The van der Waals surface area contributed by atoms with Gasteiger partial charge in [0.15, 0.2) is 0 Å². The van der Waals surface area contributed by atoms with Gasteiger partial charge in [-0.15, -0.1) is 0 Å². The van der Waals surface area contributed by atoms with Crippen LogP contribution in [0, 0.1) is 41.7 Å². The molecule has 0 fully saturated rings. The van der Waals surface area contributed by atoms with Gasteiger partial charge in [-0.3, -0.25) is 0 Å². The summed E-state index contributed by atoms with van der Waals surface area (Å²) in [6.45, 7) is 0. The van der Waals surface area contributed by atoms with Crippen LogP contribution in [0.3, 0.4) is 0 Å². The predicted molar refractivity (Wildman–Crippen MR) is 7.81 cm³/mol. The van der Waals surface area contributed by atoms with Crippen molar-refractivity contribution >= 4 is 17.4 Å². The predicted octanol–water partition coefficient (Wildman–Crippen LogP) is -0.740. The third-order valence-electron chi connectivity index (χ3n) is 0. The van der Waals surface area contributed by atoms with E-state index < -0.39 is 0 Å². The zero-order chi connectivity index (χ0) is 0. The number of hydrogen-bond acceptors (Lipinski definition) is 0. The minimum absolute atomic E-state index is 0. The molecule has 6 heavy (non-hydrogen) atoms. The van der Waals surface area contributed by atoms with Crippen LogP contribution in [0.2, 0.25) is 0 Å². The molecule has 0 rings (SSSR count). The summed E-state index contributed by atoms with van der Waals surface area (Å²) in [6.07, 6.45) is 0. The van der Waals surface area contributed by atoms with E-state index in [1.807, 2.05) is 0 Å². The Kier molecular flexibility index (Phi) is 494. The molecule has 0 aliphatic heterocycles. The van der Waals surface area contributed by atoms with Crippen molar-refractivity contribution in [2.75, 3.05) is 0 Å². The van der Waals surface area contributed by atoms with Gasteiger partial charge in [0, 0.05) is 0 Å². The zero-order valence-electron chi connectivity index (χ0n) is 2.88. The van der Waals surface area contributed by atoms with Gasteiger partial charge in [0.2, 0.25) is 0 Å². The average molecular weight is 304 g/mol. The van der Waals surface area contributed by atoms with E-state index in [1.54, 1.807) is 0 Å². The van der Waals surface area contributed by atoms with Crippen molar-refractivity contribution in [3.05, 3.63) is 0 Å². The second-order valence-electron chi connectivity index (χ2n) is 0. The smallest absolute Gasteiger partial charge is 2.00 e. The summed E-state index contributed by atoms with van der Waals surface area (Å²) in [7, 11) is 0. The van der Waals surface area contributed by atoms with Crippen LogP contribution in [-0.4, -0.2) is 17.4 Å². The fourth-order valence-electron chi connectivity index (χ4n) is 0. The van der Waals surface area contributed by atoms with Crippen molar-refractivity contribution in [3.8, 4) is 0 Å². The summed E-state index contributed by atoms with van der Waals surface area (Å²) < 4.78 is 0. The second kappa shape index (κ2) is 44.8. The summed E-state index contributed by atoms with van der Waals surface area (Å²) in [5.41, 5.74) is 0. The maximum Gasteiger partial charge on any atom is 3.00 e. The van der Waals surface area contributed by atoms with Gasteiger partial charge in [0.25, 0.3) is 0 Å². The Hall–Kier alpha value is 2.89. The average Bonchev–Trinajstić information content (AvgIpc) is 0. The summed E-state index contributed by atoms with van der Waals surface area (Å²) in [4.78, 5) is 0. The molecular formula is AlCeO3Y+3. The molecule has 6 heteroatoms. The fraction of sp³-hybridized carbons (Fsp3) is 0. The van der Waals surface area contributed by atoms with E-state index in [4.69, 9.17) is 0 Å². The molecule has 0 spiro atoms. The van der Waals surface area contributed by atoms with Crippen LogP contribution >= 0.6 is 0 Å². The van der Waals surface area contributed by atoms with Crippen molar-refractivity contribution in [1.82, 2.24) is 0 Å². The molecule has 0 atom stereocenters. The molecule has 0 heterocycles. The third kappa shape index (κ3) is 28.6. The SMILES string of the molecule is [Al+3].[Ce+3].[O-2].[O-2].[O-2].[Y+3]. The molecule has 0 saturated carbocycles. The molecule has 0 saturated heterocycles. The summed E-state index contributed by atoms with van der Waals surface area (Å²) >= 11 is 0. The first-order chi connectivity index (χ1) is 0. The third-order valence-corrected chi connectivity index (χ3v) is 0. The Balaban J connectivity index is 0. The van der Waals surface area contributed by atoms with Gasteiger partial charge in [-0.05, 0) is 0 Å². The van der Waals surface area contributed by atoms with Crippen LogP contribution < -0.4 is 0 Å². The molecular weight excluding hydrogens is 304 g/mol. The zero-order valence-corrected chi connectivity index (χ0v) is 10.0. The van der Waals surface area contributed by atoms with Gasteiger partial charge >= 0.3 is 91.8 Å². The molecule has 0 aromatic carbocycles. The molecule has 0 amide bonds. The van der Waals surface area contributed by atoms with Gasteiger partial charge in [-0.2, -0.15) is 0 Å². The Morgan fingerprint density at radius 3 is 0.667 bits per heavy atom. The van der Waals surface area contributed by atoms with Crippen molar-refractivity contribution in [2.24, 2.45) is 0 Å². The normalized spacial score (nSPS) is 0. The van der Waals surface area contributed by atoms with Crippen LogP contribution in [0.1, 0.15) is 0 Å².